The first-order valence-corrected chi connectivity index (χ1v) is 12.3. The lowest BCUT2D eigenvalue weighted by Crippen LogP contribution is -2.35. The third kappa shape index (κ3) is 7.69. The smallest absolute Gasteiger partial charge is 0.257 e. The Morgan fingerprint density at radius 1 is 1.26 bits per heavy atom. The van der Waals surface area contributed by atoms with Crippen molar-refractivity contribution in [3.63, 3.8) is 0 Å². The second-order valence-corrected chi connectivity index (χ2v) is 9.75. The summed E-state index contributed by atoms with van der Waals surface area (Å²) in [5, 5.41) is 4.43. The number of halogens is 1. The number of nitrogens with zero attached hydrogens (tertiary/aromatic N) is 2. The number of carbonyl (C=O) groups is 1. The zero-order chi connectivity index (χ0) is 23.0. The van der Waals surface area contributed by atoms with Gasteiger partial charge in [0.1, 0.15) is 0 Å². The van der Waals surface area contributed by atoms with E-state index in [-0.39, 0.29) is 17.5 Å². The van der Waals surface area contributed by atoms with Crippen LogP contribution in [0.15, 0.2) is 34.2 Å². The average Bonchev–Trinajstić information content (AvgIpc) is 2.72. The number of benzene rings is 1. The van der Waals surface area contributed by atoms with Crippen LogP contribution in [0.5, 0.6) is 0 Å². The van der Waals surface area contributed by atoms with Gasteiger partial charge in [-0.2, -0.15) is 0 Å². The summed E-state index contributed by atoms with van der Waals surface area (Å²) < 4.78 is 1.64. The Bertz CT molecular complexity index is 943. The Balaban J connectivity index is 1.96. The molecule has 0 saturated heterocycles. The maximum Gasteiger partial charge on any atom is 0.257 e. The van der Waals surface area contributed by atoms with E-state index < -0.39 is 0 Å². The van der Waals surface area contributed by atoms with Gasteiger partial charge in [0.2, 0.25) is 5.91 Å². The summed E-state index contributed by atoms with van der Waals surface area (Å²) in [4.78, 5) is 29.8. The highest BCUT2D eigenvalue weighted by Gasteiger charge is 2.15. The molecule has 0 bridgehead atoms. The number of aryl methyl sites for hydroxylation is 1. The fourth-order valence-electron chi connectivity index (χ4n) is 3.16. The molecule has 0 spiro atoms. The molecular formula is C24H34ClN3O2S. The molecule has 0 aliphatic carbocycles. The first-order chi connectivity index (χ1) is 14.7. The molecule has 5 nitrogen and oxygen atoms in total. The number of thioether (sulfide) groups is 1. The minimum Gasteiger partial charge on any atom is -0.353 e. The van der Waals surface area contributed by atoms with Gasteiger partial charge in [-0.05, 0) is 49.8 Å². The molecule has 1 atom stereocenters. The average molecular weight is 464 g/mol. The minimum atomic E-state index is -0.00336. The summed E-state index contributed by atoms with van der Waals surface area (Å²) in [5.74, 6) is 1.36. The Labute approximate surface area is 195 Å². The largest absolute Gasteiger partial charge is 0.353 e. The highest BCUT2D eigenvalue weighted by atomic mass is 35.5. The molecule has 0 fully saturated rings. The number of hydrogen-bond acceptors (Lipinski definition) is 4. The van der Waals surface area contributed by atoms with Gasteiger partial charge in [-0.25, -0.2) is 4.98 Å². The van der Waals surface area contributed by atoms with Gasteiger partial charge >= 0.3 is 0 Å². The van der Waals surface area contributed by atoms with Crippen LogP contribution < -0.4 is 10.9 Å². The van der Waals surface area contributed by atoms with Crippen molar-refractivity contribution in [1.29, 1.82) is 0 Å². The fraction of sp³-hybridized carbons (Fsp3) is 0.542. The standard InChI is InChI=1S/C24H34ClN3O2S/c1-6-21-20(15-18-10-9-11-19(25)14-18)23(30)28(5)24(27-21)31-13-8-7-12-22(29)26-17(4)16(2)3/h9-11,14,16-17H,6-8,12-13,15H2,1-5H3,(H,26,29). The molecule has 1 amide bonds. The van der Waals surface area contributed by atoms with E-state index in [1.165, 1.54) is 0 Å². The number of unbranched alkanes of at least 4 members (excludes halogenated alkanes) is 1. The van der Waals surface area contributed by atoms with E-state index >= 15 is 0 Å². The molecular weight excluding hydrogens is 430 g/mol. The molecule has 1 aromatic heterocycles. The van der Waals surface area contributed by atoms with Gasteiger partial charge in [-0.15, -0.1) is 0 Å². The molecule has 2 aromatic rings. The lowest BCUT2D eigenvalue weighted by molar-refractivity contribution is -0.122. The van der Waals surface area contributed by atoms with Crippen LogP contribution >= 0.6 is 23.4 Å². The fourth-order valence-corrected chi connectivity index (χ4v) is 4.36. The number of nitrogens with one attached hydrogen (secondary N) is 1. The van der Waals surface area contributed by atoms with Gasteiger partial charge < -0.3 is 5.32 Å². The van der Waals surface area contributed by atoms with Gasteiger partial charge in [0.05, 0.1) is 5.69 Å². The Kier molecular flexibility index (Phi) is 10.1. The molecule has 1 heterocycles. The summed E-state index contributed by atoms with van der Waals surface area (Å²) in [6.45, 7) is 8.26. The highest BCUT2D eigenvalue weighted by molar-refractivity contribution is 7.99. The van der Waals surface area contributed by atoms with Gasteiger partial charge in [-0.1, -0.05) is 56.3 Å². The number of amides is 1. The van der Waals surface area contributed by atoms with E-state index in [0.29, 0.717) is 30.2 Å². The van der Waals surface area contributed by atoms with Crippen molar-refractivity contribution in [3.05, 3.63) is 56.5 Å². The summed E-state index contributed by atoms with van der Waals surface area (Å²) >= 11 is 7.67. The molecule has 1 unspecified atom stereocenters. The molecule has 1 N–H and O–H groups in total. The predicted octanol–water partition coefficient (Wildman–Crippen LogP) is 5.01. The van der Waals surface area contributed by atoms with Crippen molar-refractivity contribution in [2.45, 2.75) is 71.0 Å². The second kappa shape index (κ2) is 12.3. The van der Waals surface area contributed by atoms with E-state index in [4.69, 9.17) is 16.6 Å². The van der Waals surface area contributed by atoms with E-state index in [1.54, 1.807) is 23.4 Å². The zero-order valence-corrected chi connectivity index (χ0v) is 20.8. The van der Waals surface area contributed by atoms with Crippen LogP contribution in [0, 0.1) is 5.92 Å². The van der Waals surface area contributed by atoms with Gasteiger partial charge in [-0.3, -0.25) is 14.2 Å². The topological polar surface area (TPSA) is 64.0 Å². The zero-order valence-electron chi connectivity index (χ0n) is 19.2. The van der Waals surface area contributed by atoms with Crippen molar-refractivity contribution < 1.29 is 4.79 Å². The van der Waals surface area contributed by atoms with Gasteiger partial charge in [0.15, 0.2) is 5.16 Å². The Hall–Kier alpha value is -1.79. The Morgan fingerprint density at radius 3 is 2.65 bits per heavy atom. The van der Waals surface area contributed by atoms with E-state index in [0.717, 1.165) is 40.6 Å². The SMILES string of the molecule is CCc1nc(SCCCCC(=O)NC(C)C(C)C)n(C)c(=O)c1Cc1cccc(Cl)c1. The lowest BCUT2D eigenvalue weighted by atomic mass is 10.0. The van der Waals surface area contributed by atoms with Crippen LogP contribution in [0.4, 0.5) is 0 Å². The highest BCUT2D eigenvalue weighted by Crippen LogP contribution is 2.20. The number of aromatic nitrogens is 2. The van der Waals surface area contributed by atoms with Gasteiger partial charge in [0, 0.05) is 42.3 Å². The second-order valence-electron chi connectivity index (χ2n) is 8.25. The summed E-state index contributed by atoms with van der Waals surface area (Å²) in [6.07, 6.45) is 3.48. The molecule has 170 valence electrons. The normalized spacial score (nSPS) is 12.2. The number of rotatable bonds is 11. The molecule has 1 aromatic carbocycles. The maximum absolute atomic E-state index is 13.0. The van der Waals surface area contributed by atoms with E-state index in [1.807, 2.05) is 38.1 Å². The van der Waals surface area contributed by atoms with Crippen molar-refractivity contribution >= 4 is 29.3 Å². The molecule has 0 saturated carbocycles. The molecule has 31 heavy (non-hydrogen) atoms. The first-order valence-electron chi connectivity index (χ1n) is 11.0. The van der Waals surface area contributed by atoms with Crippen molar-refractivity contribution in [1.82, 2.24) is 14.9 Å². The van der Waals surface area contributed by atoms with Crippen LogP contribution in [0.25, 0.3) is 0 Å². The third-order valence-electron chi connectivity index (χ3n) is 5.45. The Morgan fingerprint density at radius 2 is 2.00 bits per heavy atom. The van der Waals surface area contributed by atoms with Crippen LogP contribution in [-0.2, 0) is 24.7 Å². The van der Waals surface area contributed by atoms with Crippen molar-refractivity contribution in [2.24, 2.45) is 13.0 Å². The number of carbonyl (C=O) groups excluding carboxylic acids is 1. The van der Waals surface area contributed by atoms with Crippen molar-refractivity contribution in [3.8, 4) is 0 Å². The van der Waals surface area contributed by atoms with E-state index in [9.17, 15) is 9.59 Å². The van der Waals surface area contributed by atoms with Crippen molar-refractivity contribution in [2.75, 3.05) is 5.75 Å². The lowest BCUT2D eigenvalue weighted by Gasteiger charge is -2.17. The van der Waals surface area contributed by atoms with Crippen LogP contribution in [-0.4, -0.2) is 27.3 Å². The quantitative estimate of drug-likeness (QED) is 0.289. The molecule has 2 rings (SSSR count). The van der Waals surface area contributed by atoms with Crippen LogP contribution in [0.3, 0.4) is 0 Å². The number of hydrogen-bond donors (Lipinski definition) is 1. The van der Waals surface area contributed by atoms with Crippen LogP contribution in [0.1, 0.15) is 63.8 Å². The minimum absolute atomic E-state index is 0.00336. The van der Waals surface area contributed by atoms with Gasteiger partial charge in [0.25, 0.3) is 5.56 Å². The summed E-state index contributed by atoms with van der Waals surface area (Å²) in [7, 11) is 1.78. The molecule has 0 radical (unpaired) electrons. The summed E-state index contributed by atoms with van der Waals surface area (Å²) in [6, 6.07) is 7.79. The maximum atomic E-state index is 13.0. The first kappa shape index (κ1) is 25.5. The monoisotopic (exact) mass is 463 g/mol. The third-order valence-corrected chi connectivity index (χ3v) is 6.80. The molecule has 7 heteroatoms. The predicted molar refractivity (Wildman–Crippen MR) is 130 cm³/mol. The van der Waals surface area contributed by atoms with E-state index in [2.05, 4.69) is 19.2 Å². The molecule has 0 aliphatic rings. The molecule has 0 aliphatic heterocycles. The summed E-state index contributed by atoms with van der Waals surface area (Å²) in [5.41, 5.74) is 2.57. The van der Waals surface area contributed by atoms with Crippen LogP contribution in [0.2, 0.25) is 5.02 Å².